The van der Waals surface area contributed by atoms with E-state index in [1.165, 1.54) is 4.90 Å². The quantitative estimate of drug-likeness (QED) is 0.569. The third-order valence-electron chi connectivity index (χ3n) is 1.32. The van der Waals surface area contributed by atoms with Crippen molar-refractivity contribution in [1.82, 2.24) is 4.90 Å². The van der Waals surface area contributed by atoms with Gasteiger partial charge in [-0.15, -0.1) is 0 Å². The van der Waals surface area contributed by atoms with Crippen molar-refractivity contribution in [2.24, 2.45) is 5.92 Å². The highest BCUT2D eigenvalue weighted by Gasteiger charge is 2.08. The molecule has 0 heterocycles. The second kappa shape index (κ2) is 4.73. The van der Waals surface area contributed by atoms with Gasteiger partial charge in [-0.25, -0.2) is 0 Å². The lowest BCUT2D eigenvalue weighted by molar-refractivity contribution is -0.130. The predicted octanol–water partition coefficient (Wildman–Crippen LogP) is 1.01. The molecule has 0 fully saturated rings. The molecule has 0 N–H and O–H groups in total. The van der Waals surface area contributed by atoms with Crippen LogP contribution in [0.4, 0.5) is 0 Å². The van der Waals surface area contributed by atoms with Crippen LogP contribution in [0.3, 0.4) is 0 Å². The summed E-state index contributed by atoms with van der Waals surface area (Å²) in [5.41, 5.74) is 0. The zero-order chi connectivity index (χ0) is 8.85. The molecule has 62 valence electrons. The second-order valence-electron chi connectivity index (χ2n) is 3.01. The van der Waals surface area contributed by atoms with E-state index in [0.29, 0.717) is 12.3 Å². The average molecular weight is 154 g/mol. The summed E-state index contributed by atoms with van der Waals surface area (Å²) in [7, 11) is 1.65. The van der Waals surface area contributed by atoms with Gasteiger partial charge >= 0.3 is 0 Å². The number of nitriles is 1. The fourth-order valence-electron chi connectivity index (χ4n) is 0.699. The molecular formula is C8H14N2O. The number of hydrogen-bond donors (Lipinski definition) is 0. The number of carbonyl (C=O) groups is 1. The zero-order valence-electron chi connectivity index (χ0n) is 7.29. The molecule has 0 spiro atoms. The maximum Gasteiger partial charge on any atom is 0.223 e. The minimum Gasteiger partial charge on any atom is -0.332 e. The topological polar surface area (TPSA) is 44.1 Å². The van der Waals surface area contributed by atoms with Crippen LogP contribution in [0.1, 0.15) is 20.3 Å². The molecule has 0 bridgehead atoms. The standard InChI is InChI=1S/C8H14N2O/c1-7(2)6-8(11)10(3)5-4-9/h7H,5-6H2,1-3H3. The van der Waals surface area contributed by atoms with Crippen LogP contribution in [-0.2, 0) is 4.79 Å². The Morgan fingerprint density at radius 1 is 1.64 bits per heavy atom. The molecule has 0 saturated heterocycles. The summed E-state index contributed by atoms with van der Waals surface area (Å²) >= 11 is 0. The fraction of sp³-hybridized carbons (Fsp3) is 0.750. The highest BCUT2D eigenvalue weighted by molar-refractivity contribution is 5.76. The van der Waals surface area contributed by atoms with E-state index in [1.807, 2.05) is 19.9 Å². The molecule has 3 heteroatoms. The molecule has 0 saturated carbocycles. The molecule has 1 amide bonds. The van der Waals surface area contributed by atoms with Crippen molar-refractivity contribution in [3.63, 3.8) is 0 Å². The van der Waals surface area contributed by atoms with Gasteiger partial charge in [-0.05, 0) is 5.92 Å². The number of amides is 1. The molecule has 0 aromatic carbocycles. The van der Waals surface area contributed by atoms with Crippen molar-refractivity contribution < 1.29 is 4.79 Å². The molecule has 11 heavy (non-hydrogen) atoms. The van der Waals surface area contributed by atoms with Crippen LogP contribution in [0.25, 0.3) is 0 Å². The summed E-state index contributed by atoms with van der Waals surface area (Å²) in [4.78, 5) is 12.6. The molecule has 0 aliphatic rings. The smallest absolute Gasteiger partial charge is 0.223 e. The molecule has 0 rings (SSSR count). The number of nitrogens with zero attached hydrogens (tertiary/aromatic N) is 2. The second-order valence-corrected chi connectivity index (χ2v) is 3.01. The Morgan fingerprint density at radius 2 is 2.18 bits per heavy atom. The Balaban J connectivity index is 3.75. The van der Waals surface area contributed by atoms with E-state index in [9.17, 15) is 4.79 Å². The van der Waals surface area contributed by atoms with E-state index in [1.54, 1.807) is 7.05 Å². The molecule has 0 unspecified atom stereocenters. The third kappa shape index (κ3) is 4.38. The summed E-state index contributed by atoms with van der Waals surface area (Å²) in [6.45, 7) is 4.15. The first kappa shape index (κ1) is 9.96. The first-order chi connectivity index (χ1) is 5.07. The average Bonchev–Trinajstić information content (AvgIpc) is 1.86. The van der Waals surface area contributed by atoms with Gasteiger partial charge < -0.3 is 4.90 Å². The van der Waals surface area contributed by atoms with Crippen molar-refractivity contribution >= 4 is 5.91 Å². The molecule has 0 atom stereocenters. The third-order valence-corrected chi connectivity index (χ3v) is 1.32. The maximum atomic E-state index is 11.1. The van der Waals surface area contributed by atoms with E-state index >= 15 is 0 Å². The first-order valence-corrected chi connectivity index (χ1v) is 3.68. The normalized spacial score (nSPS) is 9.36. The van der Waals surface area contributed by atoms with Crippen LogP contribution in [0.5, 0.6) is 0 Å². The van der Waals surface area contributed by atoms with E-state index in [2.05, 4.69) is 0 Å². The lowest BCUT2D eigenvalue weighted by atomic mass is 10.1. The van der Waals surface area contributed by atoms with Gasteiger partial charge in [0, 0.05) is 13.5 Å². The molecule has 0 aromatic heterocycles. The highest BCUT2D eigenvalue weighted by atomic mass is 16.2. The number of hydrogen-bond acceptors (Lipinski definition) is 2. The van der Waals surface area contributed by atoms with E-state index in [0.717, 1.165) is 0 Å². The van der Waals surface area contributed by atoms with E-state index in [4.69, 9.17) is 5.26 Å². The van der Waals surface area contributed by atoms with Gasteiger partial charge in [0.15, 0.2) is 0 Å². The van der Waals surface area contributed by atoms with Crippen LogP contribution >= 0.6 is 0 Å². The molecule has 0 aliphatic heterocycles. The van der Waals surface area contributed by atoms with Crippen molar-refractivity contribution in [1.29, 1.82) is 5.26 Å². The molecular weight excluding hydrogens is 140 g/mol. The Bertz CT molecular complexity index is 169. The van der Waals surface area contributed by atoms with Gasteiger partial charge in [0.2, 0.25) is 5.91 Å². The summed E-state index contributed by atoms with van der Waals surface area (Å²) in [6.07, 6.45) is 0.526. The largest absolute Gasteiger partial charge is 0.332 e. The van der Waals surface area contributed by atoms with Crippen LogP contribution in [0, 0.1) is 17.2 Å². The van der Waals surface area contributed by atoms with Crippen LogP contribution in [0.2, 0.25) is 0 Å². The van der Waals surface area contributed by atoms with Crippen LogP contribution in [0.15, 0.2) is 0 Å². The van der Waals surface area contributed by atoms with E-state index < -0.39 is 0 Å². The van der Waals surface area contributed by atoms with Gasteiger partial charge in [0.1, 0.15) is 6.54 Å². The number of rotatable bonds is 3. The Hall–Kier alpha value is -1.04. The van der Waals surface area contributed by atoms with Crippen LogP contribution in [-0.4, -0.2) is 24.4 Å². The van der Waals surface area contributed by atoms with Gasteiger partial charge in [-0.1, -0.05) is 13.8 Å². The van der Waals surface area contributed by atoms with Crippen molar-refractivity contribution in [2.45, 2.75) is 20.3 Å². The van der Waals surface area contributed by atoms with Crippen molar-refractivity contribution in [2.75, 3.05) is 13.6 Å². The van der Waals surface area contributed by atoms with Gasteiger partial charge in [0.25, 0.3) is 0 Å². The maximum absolute atomic E-state index is 11.1. The summed E-state index contributed by atoms with van der Waals surface area (Å²) in [6, 6.07) is 1.93. The summed E-state index contributed by atoms with van der Waals surface area (Å²) in [5.74, 6) is 0.408. The minimum absolute atomic E-state index is 0.0431. The van der Waals surface area contributed by atoms with E-state index in [-0.39, 0.29) is 12.5 Å². The summed E-state index contributed by atoms with van der Waals surface area (Å²) < 4.78 is 0. The van der Waals surface area contributed by atoms with Gasteiger partial charge in [-0.2, -0.15) is 5.26 Å². The lowest BCUT2D eigenvalue weighted by Crippen LogP contribution is -2.27. The molecule has 0 radical (unpaired) electrons. The molecule has 3 nitrogen and oxygen atoms in total. The van der Waals surface area contributed by atoms with Crippen molar-refractivity contribution in [3.8, 4) is 6.07 Å². The first-order valence-electron chi connectivity index (χ1n) is 3.68. The Morgan fingerprint density at radius 3 is 2.55 bits per heavy atom. The van der Waals surface area contributed by atoms with Gasteiger partial charge in [0.05, 0.1) is 6.07 Å². The summed E-state index contributed by atoms with van der Waals surface area (Å²) in [5, 5.41) is 8.28. The zero-order valence-corrected chi connectivity index (χ0v) is 7.29. The predicted molar refractivity (Wildman–Crippen MR) is 42.7 cm³/mol. The molecule has 0 aromatic rings. The molecule has 0 aliphatic carbocycles. The fourth-order valence-corrected chi connectivity index (χ4v) is 0.699. The van der Waals surface area contributed by atoms with Gasteiger partial charge in [-0.3, -0.25) is 4.79 Å². The number of carbonyl (C=O) groups excluding carboxylic acids is 1. The Labute approximate surface area is 67.6 Å². The monoisotopic (exact) mass is 154 g/mol. The lowest BCUT2D eigenvalue weighted by Gasteiger charge is -2.13. The van der Waals surface area contributed by atoms with Crippen LogP contribution < -0.4 is 0 Å². The Kier molecular flexibility index (Phi) is 4.28. The minimum atomic E-state index is 0.0431. The highest BCUT2D eigenvalue weighted by Crippen LogP contribution is 2.01. The SMILES string of the molecule is CC(C)CC(=O)N(C)CC#N. The van der Waals surface area contributed by atoms with Crippen molar-refractivity contribution in [3.05, 3.63) is 0 Å².